The van der Waals surface area contributed by atoms with Gasteiger partial charge in [0.1, 0.15) is 6.10 Å². The summed E-state index contributed by atoms with van der Waals surface area (Å²) in [7, 11) is -0.467. The van der Waals surface area contributed by atoms with Crippen LogP contribution in [0.15, 0.2) is 24.3 Å². The van der Waals surface area contributed by atoms with Crippen molar-refractivity contribution in [1.82, 2.24) is 0 Å². The fraction of sp³-hybridized carbons (Fsp3) is 0.625. The second kappa shape index (κ2) is 6.61. The molecule has 0 aromatic heterocycles. The van der Waals surface area contributed by atoms with Crippen LogP contribution in [0.25, 0.3) is 0 Å². The van der Waals surface area contributed by atoms with Crippen LogP contribution in [0.4, 0.5) is 0 Å². The molecule has 22 heavy (non-hydrogen) atoms. The Morgan fingerprint density at radius 3 is 2.27 bits per heavy atom. The molecule has 0 bridgehead atoms. The Morgan fingerprint density at radius 1 is 1.14 bits per heavy atom. The van der Waals surface area contributed by atoms with Crippen LogP contribution in [0, 0.1) is 0 Å². The summed E-state index contributed by atoms with van der Waals surface area (Å²) in [6.07, 6.45) is -1.23. The first kappa shape index (κ1) is 18.0. The number of halogens is 1. The average molecular weight is 371 g/mol. The van der Waals surface area contributed by atoms with E-state index in [-0.39, 0.29) is 0 Å². The molecule has 2 unspecified atom stereocenters. The van der Waals surface area contributed by atoms with E-state index >= 15 is 0 Å². The molecule has 6 heteroatoms. The third-order valence-electron chi connectivity index (χ3n) is 4.55. The highest BCUT2D eigenvalue weighted by molar-refractivity contribution is 9.09. The summed E-state index contributed by atoms with van der Waals surface area (Å²) in [6, 6.07) is 7.40. The molecule has 0 spiro atoms. The third-order valence-corrected chi connectivity index (χ3v) is 5.00. The molecule has 2 N–H and O–H groups in total. The van der Waals surface area contributed by atoms with Gasteiger partial charge in [-0.15, -0.1) is 0 Å². The lowest BCUT2D eigenvalue weighted by molar-refractivity contribution is 0.00578. The molecule has 1 aliphatic rings. The van der Waals surface area contributed by atoms with Crippen molar-refractivity contribution in [3.8, 4) is 0 Å². The molecule has 2 rings (SSSR count). The van der Waals surface area contributed by atoms with Gasteiger partial charge in [0.15, 0.2) is 0 Å². The van der Waals surface area contributed by atoms with E-state index < -0.39 is 30.5 Å². The first-order chi connectivity index (χ1) is 10.2. The van der Waals surface area contributed by atoms with Gasteiger partial charge in [-0.3, -0.25) is 0 Å². The lowest BCUT2D eigenvalue weighted by atomic mass is 9.78. The molecule has 1 heterocycles. The molecular weight excluding hydrogens is 347 g/mol. The van der Waals surface area contributed by atoms with Crippen LogP contribution in [-0.4, -0.2) is 40.0 Å². The highest BCUT2D eigenvalue weighted by atomic mass is 79.9. The maximum atomic E-state index is 10.2. The van der Waals surface area contributed by atoms with Crippen molar-refractivity contribution in [3.05, 3.63) is 29.8 Å². The number of rotatable bonds is 5. The van der Waals surface area contributed by atoms with Gasteiger partial charge in [0.25, 0.3) is 0 Å². The van der Waals surface area contributed by atoms with Gasteiger partial charge in [0, 0.05) is 5.33 Å². The minimum atomic E-state index is -0.917. The maximum absolute atomic E-state index is 10.2. The van der Waals surface area contributed by atoms with E-state index in [1.807, 2.05) is 45.9 Å². The zero-order chi connectivity index (χ0) is 16.5. The summed E-state index contributed by atoms with van der Waals surface area (Å²) < 4.78 is 12.0. The Balaban J connectivity index is 2.20. The van der Waals surface area contributed by atoms with Crippen LogP contribution in [0.3, 0.4) is 0 Å². The van der Waals surface area contributed by atoms with E-state index in [1.54, 1.807) is 6.07 Å². The summed E-state index contributed by atoms with van der Waals surface area (Å²) in [5.74, 6) is 0. The molecule has 1 fully saturated rings. The van der Waals surface area contributed by atoms with Crippen molar-refractivity contribution in [1.29, 1.82) is 0 Å². The summed E-state index contributed by atoms with van der Waals surface area (Å²) in [6.45, 7) is 8.02. The van der Waals surface area contributed by atoms with Crippen molar-refractivity contribution >= 4 is 28.5 Å². The first-order valence-corrected chi connectivity index (χ1v) is 8.68. The molecular formula is C16H24BBrO4. The van der Waals surface area contributed by atoms with E-state index in [0.717, 1.165) is 5.46 Å². The molecule has 1 aromatic rings. The van der Waals surface area contributed by atoms with Gasteiger partial charge >= 0.3 is 7.12 Å². The SMILES string of the molecule is CC1(C)OB(c2cccc(C(O)C(O)CCBr)c2)OC1(C)C. The van der Waals surface area contributed by atoms with Crippen LogP contribution >= 0.6 is 15.9 Å². The second-order valence-corrected chi connectivity index (χ2v) is 7.54. The van der Waals surface area contributed by atoms with Crippen molar-refractivity contribution in [2.75, 3.05) is 5.33 Å². The van der Waals surface area contributed by atoms with Gasteiger partial charge < -0.3 is 19.5 Å². The zero-order valence-corrected chi connectivity index (χ0v) is 15.1. The molecule has 1 aliphatic heterocycles. The van der Waals surface area contributed by atoms with Gasteiger partial charge in [-0.2, -0.15) is 0 Å². The van der Waals surface area contributed by atoms with Gasteiger partial charge in [0.2, 0.25) is 0 Å². The predicted molar refractivity (Wildman–Crippen MR) is 91.5 cm³/mol. The molecule has 0 saturated carbocycles. The Morgan fingerprint density at radius 2 is 1.73 bits per heavy atom. The van der Waals surface area contributed by atoms with Gasteiger partial charge in [-0.05, 0) is 45.1 Å². The standard InChI is InChI=1S/C16H24BBrO4/c1-15(2)16(3,4)22-17(21-15)12-7-5-6-11(10-12)14(20)13(19)8-9-18/h5-7,10,13-14,19-20H,8-9H2,1-4H3. The largest absolute Gasteiger partial charge is 0.494 e. The lowest BCUT2D eigenvalue weighted by Crippen LogP contribution is -2.41. The number of aliphatic hydroxyl groups is 2. The highest BCUT2D eigenvalue weighted by Gasteiger charge is 2.51. The monoisotopic (exact) mass is 370 g/mol. The second-order valence-electron chi connectivity index (χ2n) is 6.75. The van der Waals surface area contributed by atoms with Crippen LogP contribution in [0.1, 0.15) is 45.8 Å². The van der Waals surface area contributed by atoms with Crippen LogP contribution in [0.2, 0.25) is 0 Å². The topological polar surface area (TPSA) is 58.9 Å². The lowest BCUT2D eigenvalue weighted by Gasteiger charge is -2.32. The molecule has 4 nitrogen and oxygen atoms in total. The average Bonchev–Trinajstić information content (AvgIpc) is 2.67. The van der Waals surface area contributed by atoms with E-state index in [0.29, 0.717) is 17.3 Å². The van der Waals surface area contributed by atoms with E-state index in [1.165, 1.54) is 0 Å². The van der Waals surface area contributed by atoms with Gasteiger partial charge in [0.05, 0.1) is 17.3 Å². The number of alkyl halides is 1. The van der Waals surface area contributed by atoms with Crippen molar-refractivity contribution in [2.45, 2.75) is 57.5 Å². The quantitative estimate of drug-likeness (QED) is 0.616. The van der Waals surface area contributed by atoms with E-state index in [9.17, 15) is 10.2 Å². The zero-order valence-electron chi connectivity index (χ0n) is 13.5. The molecule has 0 amide bonds. The Labute approximate surface area is 141 Å². The number of aliphatic hydroxyl groups excluding tert-OH is 2. The van der Waals surface area contributed by atoms with Gasteiger partial charge in [-0.1, -0.05) is 40.2 Å². The highest BCUT2D eigenvalue weighted by Crippen LogP contribution is 2.36. The number of benzene rings is 1. The normalized spacial score (nSPS) is 22.6. The summed E-state index contributed by atoms with van der Waals surface area (Å²) >= 11 is 3.27. The first-order valence-electron chi connectivity index (χ1n) is 7.55. The number of hydrogen-bond donors (Lipinski definition) is 2. The number of hydrogen-bond acceptors (Lipinski definition) is 4. The van der Waals surface area contributed by atoms with E-state index in [2.05, 4.69) is 15.9 Å². The van der Waals surface area contributed by atoms with E-state index in [4.69, 9.17) is 9.31 Å². The van der Waals surface area contributed by atoms with Crippen molar-refractivity contribution in [3.63, 3.8) is 0 Å². The molecule has 2 atom stereocenters. The van der Waals surface area contributed by atoms with Gasteiger partial charge in [-0.25, -0.2) is 0 Å². The summed E-state index contributed by atoms with van der Waals surface area (Å²) in [5, 5.41) is 20.8. The van der Waals surface area contributed by atoms with Crippen molar-refractivity contribution in [2.24, 2.45) is 0 Å². The van der Waals surface area contributed by atoms with Crippen molar-refractivity contribution < 1.29 is 19.5 Å². The molecule has 0 radical (unpaired) electrons. The summed E-state index contributed by atoms with van der Waals surface area (Å²) in [5.41, 5.74) is 0.714. The van der Waals surface area contributed by atoms with Crippen LogP contribution in [0.5, 0.6) is 0 Å². The smallest absolute Gasteiger partial charge is 0.399 e. The maximum Gasteiger partial charge on any atom is 0.494 e. The Kier molecular flexibility index (Phi) is 5.40. The molecule has 122 valence electrons. The molecule has 1 aromatic carbocycles. The van der Waals surface area contributed by atoms with Crippen LogP contribution < -0.4 is 5.46 Å². The van der Waals surface area contributed by atoms with Crippen LogP contribution in [-0.2, 0) is 9.31 Å². The fourth-order valence-corrected chi connectivity index (χ4v) is 2.83. The predicted octanol–water partition coefficient (Wildman–Crippen LogP) is 2.17. The molecule has 1 saturated heterocycles. The molecule has 0 aliphatic carbocycles. The Bertz CT molecular complexity index is 505. The minimum absolute atomic E-state index is 0.401. The summed E-state index contributed by atoms with van der Waals surface area (Å²) in [4.78, 5) is 0. The third kappa shape index (κ3) is 3.57. The minimum Gasteiger partial charge on any atom is -0.399 e. The fourth-order valence-electron chi connectivity index (χ4n) is 2.36. The Hall–Kier alpha value is -0.395.